The standard InChI is InChI=1S/C19H26Cl2N2O3/c1-4-26-19(25)23-12(8-11(2)3)10-22-18(24)15-9-14(15)13-6-5-7-16(20)17(13)21/h5-7,11-12,14-15H,4,8-10H2,1-3H3,(H,22,24)(H,23,25). The number of halogens is 2. The Morgan fingerprint density at radius 2 is 2.04 bits per heavy atom. The molecule has 144 valence electrons. The van der Waals surface area contributed by atoms with Crippen molar-refractivity contribution >= 4 is 35.2 Å². The Kier molecular flexibility index (Phi) is 7.59. The molecule has 2 rings (SSSR count). The predicted molar refractivity (Wildman–Crippen MR) is 104 cm³/mol. The highest BCUT2D eigenvalue weighted by Gasteiger charge is 2.45. The molecule has 1 aliphatic rings. The van der Waals surface area contributed by atoms with Crippen molar-refractivity contribution in [2.45, 2.75) is 45.6 Å². The molecule has 26 heavy (non-hydrogen) atoms. The number of hydrogen-bond donors (Lipinski definition) is 2. The van der Waals surface area contributed by atoms with Crippen LogP contribution in [0.3, 0.4) is 0 Å². The van der Waals surface area contributed by atoms with Crippen LogP contribution in [0.25, 0.3) is 0 Å². The zero-order valence-corrected chi connectivity index (χ0v) is 16.9. The number of rotatable bonds is 8. The van der Waals surface area contributed by atoms with Crippen LogP contribution >= 0.6 is 23.2 Å². The van der Waals surface area contributed by atoms with Gasteiger partial charge in [0, 0.05) is 18.5 Å². The van der Waals surface area contributed by atoms with Gasteiger partial charge in [-0.3, -0.25) is 4.79 Å². The fourth-order valence-electron chi connectivity index (χ4n) is 3.09. The van der Waals surface area contributed by atoms with Crippen LogP contribution in [0.4, 0.5) is 4.79 Å². The number of nitrogens with one attached hydrogen (secondary N) is 2. The third-order valence-corrected chi connectivity index (χ3v) is 5.22. The van der Waals surface area contributed by atoms with Crippen molar-refractivity contribution in [3.8, 4) is 0 Å². The highest BCUT2D eigenvalue weighted by molar-refractivity contribution is 6.42. The summed E-state index contributed by atoms with van der Waals surface area (Å²) in [6.07, 6.45) is 1.06. The zero-order chi connectivity index (χ0) is 19.3. The lowest BCUT2D eigenvalue weighted by Gasteiger charge is -2.20. The summed E-state index contributed by atoms with van der Waals surface area (Å²) < 4.78 is 4.93. The minimum Gasteiger partial charge on any atom is -0.450 e. The van der Waals surface area contributed by atoms with Crippen molar-refractivity contribution < 1.29 is 14.3 Å². The molecule has 1 aliphatic carbocycles. The van der Waals surface area contributed by atoms with Gasteiger partial charge < -0.3 is 15.4 Å². The van der Waals surface area contributed by atoms with Gasteiger partial charge in [-0.05, 0) is 43.2 Å². The molecule has 0 spiro atoms. The number of alkyl carbamates (subject to hydrolysis) is 1. The van der Waals surface area contributed by atoms with Crippen LogP contribution in [0.15, 0.2) is 18.2 Å². The van der Waals surface area contributed by atoms with Crippen LogP contribution in [0.1, 0.15) is 45.1 Å². The van der Waals surface area contributed by atoms with Gasteiger partial charge in [-0.2, -0.15) is 0 Å². The number of hydrogen-bond acceptors (Lipinski definition) is 3. The summed E-state index contributed by atoms with van der Waals surface area (Å²) in [5.41, 5.74) is 0.919. The molecule has 2 N–H and O–H groups in total. The minimum absolute atomic E-state index is 0.0227. The molecule has 1 saturated carbocycles. The van der Waals surface area contributed by atoms with Crippen LogP contribution < -0.4 is 10.6 Å². The lowest BCUT2D eigenvalue weighted by Crippen LogP contribution is -2.45. The first-order chi connectivity index (χ1) is 12.3. The molecular weight excluding hydrogens is 375 g/mol. The van der Waals surface area contributed by atoms with Crippen molar-refractivity contribution in [2.75, 3.05) is 13.2 Å². The third-order valence-electron chi connectivity index (χ3n) is 4.38. The molecule has 3 atom stereocenters. The van der Waals surface area contributed by atoms with Crippen LogP contribution in [0.2, 0.25) is 10.0 Å². The molecule has 7 heteroatoms. The number of ether oxygens (including phenoxy) is 1. The smallest absolute Gasteiger partial charge is 0.407 e. The maximum atomic E-state index is 12.5. The van der Waals surface area contributed by atoms with Crippen molar-refractivity contribution in [2.24, 2.45) is 11.8 Å². The zero-order valence-electron chi connectivity index (χ0n) is 15.4. The van der Waals surface area contributed by atoms with E-state index in [9.17, 15) is 9.59 Å². The number of amides is 2. The summed E-state index contributed by atoms with van der Waals surface area (Å²) in [5, 5.41) is 6.78. The van der Waals surface area contributed by atoms with E-state index < -0.39 is 6.09 Å². The molecule has 0 aliphatic heterocycles. The van der Waals surface area contributed by atoms with Crippen molar-refractivity contribution in [3.05, 3.63) is 33.8 Å². The summed E-state index contributed by atoms with van der Waals surface area (Å²) in [4.78, 5) is 24.1. The number of benzene rings is 1. The van der Waals surface area contributed by atoms with Gasteiger partial charge in [0.05, 0.1) is 16.7 Å². The van der Waals surface area contributed by atoms with E-state index in [4.69, 9.17) is 27.9 Å². The molecule has 3 unspecified atom stereocenters. The lowest BCUT2D eigenvalue weighted by atomic mass is 10.0. The maximum absolute atomic E-state index is 12.5. The summed E-state index contributed by atoms with van der Waals surface area (Å²) in [7, 11) is 0. The highest BCUT2D eigenvalue weighted by Crippen LogP contribution is 2.50. The van der Waals surface area contributed by atoms with Crippen molar-refractivity contribution in [1.29, 1.82) is 0 Å². The molecule has 1 aromatic rings. The molecule has 0 bridgehead atoms. The van der Waals surface area contributed by atoms with Crippen LogP contribution in [-0.2, 0) is 9.53 Å². The van der Waals surface area contributed by atoms with Gasteiger partial charge >= 0.3 is 6.09 Å². The molecule has 2 amide bonds. The van der Waals surface area contributed by atoms with E-state index in [2.05, 4.69) is 24.5 Å². The Balaban J connectivity index is 1.88. The Morgan fingerprint density at radius 3 is 2.69 bits per heavy atom. The Labute approximate surface area is 164 Å². The van der Waals surface area contributed by atoms with Gasteiger partial charge in [0.1, 0.15) is 0 Å². The second-order valence-electron chi connectivity index (χ2n) is 7.03. The predicted octanol–water partition coefficient (Wildman–Crippen LogP) is 4.37. The SMILES string of the molecule is CCOC(=O)NC(CNC(=O)C1CC1c1cccc(Cl)c1Cl)CC(C)C. The molecule has 0 heterocycles. The average molecular weight is 401 g/mol. The fourth-order valence-corrected chi connectivity index (χ4v) is 3.54. The van der Waals surface area contributed by atoms with Gasteiger partial charge in [0.15, 0.2) is 0 Å². The molecular formula is C19H26Cl2N2O3. The summed E-state index contributed by atoms with van der Waals surface area (Å²) >= 11 is 12.3. The van der Waals surface area contributed by atoms with Gasteiger partial charge in [-0.25, -0.2) is 4.79 Å². The van der Waals surface area contributed by atoms with E-state index in [1.807, 2.05) is 12.1 Å². The Hall–Kier alpha value is -1.46. The van der Waals surface area contributed by atoms with Gasteiger partial charge in [0.25, 0.3) is 0 Å². The Bertz CT molecular complexity index is 652. The number of carbonyl (C=O) groups is 2. The van der Waals surface area contributed by atoms with E-state index in [0.29, 0.717) is 29.1 Å². The summed E-state index contributed by atoms with van der Waals surface area (Å²) in [5.74, 6) is 0.360. The fraction of sp³-hybridized carbons (Fsp3) is 0.579. The van der Waals surface area contributed by atoms with Crippen LogP contribution in [-0.4, -0.2) is 31.2 Å². The molecule has 1 aromatic carbocycles. The van der Waals surface area contributed by atoms with Crippen LogP contribution in [0, 0.1) is 11.8 Å². The van der Waals surface area contributed by atoms with E-state index in [-0.39, 0.29) is 23.8 Å². The molecule has 5 nitrogen and oxygen atoms in total. The third kappa shape index (κ3) is 5.78. The maximum Gasteiger partial charge on any atom is 0.407 e. The van der Waals surface area contributed by atoms with E-state index in [1.165, 1.54) is 0 Å². The normalized spacial score (nSPS) is 19.8. The first-order valence-corrected chi connectivity index (χ1v) is 9.73. The first kappa shape index (κ1) is 20.8. The molecule has 1 fully saturated rings. The first-order valence-electron chi connectivity index (χ1n) is 8.98. The largest absolute Gasteiger partial charge is 0.450 e. The van der Waals surface area contributed by atoms with Crippen LogP contribution in [0.5, 0.6) is 0 Å². The van der Waals surface area contributed by atoms with Crippen molar-refractivity contribution in [3.63, 3.8) is 0 Å². The van der Waals surface area contributed by atoms with Crippen molar-refractivity contribution in [1.82, 2.24) is 10.6 Å². The average Bonchev–Trinajstić information content (AvgIpc) is 3.35. The minimum atomic E-state index is -0.456. The Morgan fingerprint density at radius 1 is 1.31 bits per heavy atom. The lowest BCUT2D eigenvalue weighted by molar-refractivity contribution is -0.122. The highest BCUT2D eigenvalue weighted by atomic mass is 35.5. The second-order valence-corrected chi connectivity index (χ2v) is 7.81. The topological polar surface area (TPSA) is 67.4 Å². The monoisotopic (exact) mass is 400 g/mol. The van der Waals surface area contributed by atoms with Gasteiger partial charge in [-0.15, -0.1) is 0 Å². The van der Waals surface area contributed by atoms with E-state index >= 15 is 0 Å². The van der Waals surface area contributed by atoms with E-state index in [0.717, 1.165) is 18.4 Å². The quantitative estimate of drug-likeness (QED) is 0.680. The summed E-state index contributed by atoms with van der Waals surface area (Å²) in [6, 6.07) is 5.34. The number of carbonyl (C=O) groups excluding carboxylic acids is 2. The second kappa shape index (κ2) is 9.47. The van der Waals surface area contributed by atoms with Gasteiger partial charge in [0.2, 0.25) is 5.91 Å². The molecule has 0 saturated heterocycles. The summed E-state index contributed by atoms with van der Waals surface area (Å²) in [6.45, 7) is 6.59. The van der Waals surface area contributed by atoms with E-state index in [1.54, 1.807) is 13.0 Å². The van der Waals surface area contributed by atoms with Gasteiger partial charge in [-0.1, -0.05) is 49.2 Å². The molecule has 0 radical (unpaired) electrons. The molecule has 0 aromatic heterocycles.